The molecule has 20 heavy (non-hydrogen) atoms. The molecule has 1 aromatic heterocycles. The molecule has 0 aliphatic heterocycles. The van der Waals surface area contributed by atoms with Gasteiger partial charge in [-0.1, -0.05) is 23.7 Å². The monoisotopic (exact) mass is 293 g/mol. The lowest BCUT2D eigenvalue weighted by Gasteiger charge is -2.00. The summed E-state index contributed by atoms with van der Waals surface area (Å²) in [5.41, 5.74) is 1.21. The van der Waals surface area contributed by atoms with Gasteiger partial charge in [-0.05, 0) is 19.1 Å². The van der Waals surface area contributed by atoms with Crippen molar-refractivity contribution in [1.82, 2.24) is 4.98 Å². The van der Waals surface area contributed by atoms with E-state index in [2.05, 4.69) is 4.98 Å². The van der Waals surface area contributed by atoms with Crippen molar-refractivity contribution in [2.75, 3.05) is 6.61 Å². The molecule has 2 rings (SSSR count). The second kappa shape index (κ2) is 5.79. The highest BCUT2D eigenvalue weighted by atomic mass is 35.5. The third kappa shape index (κ3) is 2.67. The fourth-order valence-corrected chi connectivity index (χ4v) is 2.12. The lowest BCUT2D eigenvalue weighted by molar-refractivity contribution is -0.131. The fraction of sp³-hybridized carbons (Fsp3) is 0.143. The number of para-hydroxylation sites is 1. The number of carbonyl (C=O) groups excluding carboxylic acids is 1. The Bertz CT molecular complexity index is 703. The van der Waals surface area contributed by atoms with E-state index in [0.717, 1.165) is 6.08 Å². The predicted molar refractivity (Wildman–Crippen MR) is 75.9 cm³/mol. The van der Waals surface area contributed by atoms with Crippen molar-refractivity contribution in [2.24, 2.45) is 0 Å². The van der Waals surface area contributed by atoms with Crippen LogP contribution >= 0.6 is 11.6 Å². The van der Waals surface area contributed by atoms with Gasteiger partial charge in [-0.25, -0.2) is 9.59 Å². The average Bonchev–Trinajstić information content (AvgIpc) is 2.77. The number of carbonyl (C=O) groups is 2. The van der Waals surface area contributed by atoms with E-state index in [9.17, 15) is 9.59 Å². The van der Waals surface area contributed by atoms with Crippen LogP contribution in [0.1, 0.15) is 23.0 Å². The van der Waals surface area contributed by atoms with Crippen molar-refractivity contribution >= 4 is 40.5 Å². The van der Waals surface area contributed by atoms with Gasteiger partial charge >= 0.3 is 11.9 Å². The maximum absolute atomic E-state index is 11.9. The number of carboxylic acids is 1. The van der Waals surface area contributed by atoms with E-state index in [1.165, 1.54) is 6.08 Å². The lowest BCUT2D eigenvalue weighted by Crippen LogP contribution is -2.06. The summed E-state index contributed by atoms with van der Waals surface area (Å²) in [7, 11) is 0. The van der Waals surface area contributed by atoms with Crippen molar-refractivity contribution in [3.05, 3.63) is 40.6 Å². The Hall–Kier alpha value is -2.27. The molecule has 1 heterocycles. The minimum absolute atomic E-state index is 0.187. The zero-order valence-corrected chi connectivity index (χ0v) is 11.4. The van der Waals surface area contributed by atoms with E-state index in [1.807, 2.05) is 0 Å². The molecule has 0 atom stereocenters. The van der Waals surface area contributed by atoms with Gasteiger partial charge in [-0.15, -0.1) is 0 Å². The van der Waals surface area contributed by atoms with Crippen LogP contribution in [0.4, 0.5) is 0 Å². The maximum atomic E-state index is 11.9. The molecule has 0 bridgehead atoms. The number of fused-ring (bicyclic) bond motifs is 1. The van der Waals surface area contributed by atoms with Crippen molar-refractivity contribution in [3.63, 3.8) is 0 Å². The molecule has 0 aliphatic rings. The number of rotatable bonds is 4. The molecule has 0 amide bonds. The van der Waals surface area contributed by atoms with Crippen LogP contribution in [0, 0.1) is 0 Å². The van der Waals surface area contributed by atoms with Gasteiger partial charge in [0.05, 0.1) is 17.1 Å². The Kier molecular flexibility index (Phi) is 4.10. The number of nitrogens with one attached hydrogen (secondary N) is 1. The molecule has 104 valence electrons. The van der Waals surface area contributed by atoms with Crippen LogP contribution in [0.15, 0.2) is 24.3 Å². The molecule has 0 unspecified atom stereocenters. The van der Waals surface area contributed by atoms with Gasteiger partial charge in [-0.2, -0.15) is 0 Å². The predicted octanol–water partition coefficient (Wildman–Crippen LogP) is 3.10. The van der Waals surface area contributed by atoms with Crippen LogP contribution in [-0.4, -0.2) is 28.6 Å². The first kappa shape index (κ1) is 14.1. The van der Waals surface area contributed by atoms with E-state index in [4.69, 9.17) is 21.4 Å². The Balaban J connectivity index is 2.65. The number of aliphatic carboxylic acids is 1. The van der Waals surface area contributed by atoms with Gasteiger partial charge in [0.15, 0.2) is 0 Å². The van der Waals surface area contributed by atoms with Crippen molar-refractivity contribution in [2.45, 2.75) is 6.92 Å². The summed E-state index contributed by atoms with van der Waals surface area (Å²) in [6, 6.07) is 5.16. The number of benzene rings is 1. The van der Waals surface area contributed by atoms with Gasteiger partial charge in [0.2, 0.25) is 0 Å². The first-order valence-electron chi connectivity index (χ1n) is 5.93. The van der Waals surface area contributed by atoms with Crippen molar-refractivity contribution < 1.29 is 19.4 Å². The van der Waals surface area contributed by atoms with Crippen LogP contribution in [0.25, 0.3) is 17.0 Å². The third-order valence-electron chi connectivity index (χ3n) is 2.70. The molecule has 0 radical (unpaired) electrons. The number of aromatic amines is 1. The van der Waals surface area contributed by atoms with E-state index in [0.29, 0.717) is 21.5 Å². The molecule has 0 saturated carbocycles. The summed E-state index contributed by atoms with van der Waals surface area (Å²) in [5, 5.41) is 9.84. The van der Waals surface area contributed by atoms with E-state index in [-0.39, 0.29) is 12.3 Å². The molecule has 5 nitrogen and oxygen atoms in total. The third-order valence-corrected chi connectivity index (χ3v) is 3.01. The number of H-pyrrole nitrogens is 1. The zero-order chi connectivity index (χ0) is 14.7. The second-order valence-corrected chi connectivity index (χ2v) is 4.38. The number of aromatic nitrogens is 1. The van der Waals surface area contributed by atoms with E-state index < -0.39 is 11.9 Å². The van der Waals surface area contributed by atoms with E-state index >= 15 is 0 Å². The number of carboxylic acid groups (broad SMARTS) is 1. The van der Waals surface area contributed by atoms with Crippen LogP contribution in [0.5, 0.6) is 0 Å². The second-order valence-electron chi connectivity index (χ2n) is 3.97. The molecular weight excluding hydrogens is 282 g/mol. The number of hydrogen-bond donors (Lipinski definition) is 2. The summed E-state index contributed by atoms with van der Waals surface area (Å²) in [6.45, 7) is 1.92. The quantitative estimate of drug-likeness (QED) is 0.670. The highest BCUT2D eigenvalue weighted by molar-refractivity contribution is 6.35. The Morgan fingerprint density at radius 1 is 1.45 bits per heavy atom. The molecule has 0 saturated heterocycles. The standard InChI is InChI=1S/C14H12ClNO4/c1-2-20-14(19)13-9(6-7-11(17)18)8-4-3-5-10(15)12(8)16-13/h3-7,16H,2H2,1H3,(H,17,18)/b7-6-. The zero-order valence-electron chi connectivity index (χ0n) is 10.6. The summed E-state index contributed by atoms with van der Waals surface area (Å²) in [6.07, 6.45) is 2.32. The molecule has 2 N–H and O–H groups in total. The molecule has 0 aliphatic carbocycles. The maximum Gasteiger partial charge on any atom is 0.355 e. The fourth-order valence-electron chi connectivity index (χ4n) is 1.89. The topological polar surface area (TPSA) is 79.4 Å². The van der Waals surface area contributed by atoms with Crippen molar-refractivity contribution in [3.8, 4) is 0 Å². The van der Waals surface area contributed by atoms with Crippen LogP contribution < -0.4 is 0 Å². The molecule has 1 aromatic carbocycles. The summed E-state index contributed by atoms with van der Waals surface area (Å²) in [4.78, 5) is 25.5. The lowest BCUT2D eigenvalue weighted by atomic mass is 10.1. The normalized spacial score (nSPS) is 11.1. The minimum atomic E-state index is -1.10. The first-order valence-corrected chi connectivity index (χ1v) is 6.30. The first-order chi connectivity index (χ1) is 9.54. The van der Waals surface area contributed by atoms with Crippen molar-refractivity contribution in [1.29, 1.82) is 0 Å². The molecule has 0 fully saturated rings. The average molecular weight is 294 g/mol. The van der Waals surface area contributed by atoms with Crippen LogP contribution in [0.2, 0.25) is 5.02 Å². The molecule has 6 heteroatoms. The number of hydrogen-bond acceptors (Lipinski definition) is 3. The number of esters is 1. The summed E-state index contributed by atoms with van der Waals surface area (Å²) in [5.74, 6) is -1.65. The Morgan fingerprint density at radius 2 is 2.20 bits per heavy atom. The Morgan fingerprint density at radius 3 is 2.85 bits per heavy atom. The summed E-state index contributed by atoms with van der Waals surface area (Å²) >= 11 is 6.06. The minimum Gasteiger partial charge on any atom is -0.478 e. The van der Waals surface area contributed by atoms with Gasteiger partial charge in [0.1, 0.15) is 5.69 Å². The largest absolute Gasteiger partial charge is 0.478 e. The smallest absolute Gasteiger partial charge is 0.355 e. The van der Waals surface area contributed by atoms with Crippen LogP contribution in [0.3, 0.4) is 0 Å². The Labute approximate surface area is 119 Å². The van der Waals surface area contributed by atoms with Gasteiger partial charge in [0, 0.05) is 17.0 Å². The molecule has 0 spiro atoms. The van der Waals surface area contributed by atoms with E-state index in [1.54, 1.807) is 25.1 Å². The van der Waals surface area contributed by atoms with Gasteiger partial charge in [-0.3, -0.25) is 0 Å². The highest BCUT2D eigenvalue weighted by Crippen LogP contribution is 2.29. The highest BCUT2D eigenvalue weighted by Gasteiger charge is 2.18. The summed E-state index contributed by atoms with van der Waals surface area (Å²) < 4.78 is 4.95. The molecule has 2 aromatic rings. The number of ether oxygens (including phenoxy) is 1. The van der Waals surface area contributed by atoms with Gasteiger partial charge < -0.3 is 14.8 Å². The SMILES string of the molecule is CCOC(=O)c1[nH]c2c(Cl)cccc2c1/C=C\C(=O)O. The number of halogens is 1. The molecular formula is C14H12ClNO4. The van der Waals surface area contributed by atoms with Crippen LogP contribution in [-0.2, 0) is 9.53 Å². The van der Waals surface area contributed by atoms with Gasteiger partial charge in [0.25, 0.3) is 0 Å².